The third-order valence-corrected chi connectivity index (χ3v) is 4.04. The fourth-order valence-corrected chi connectivity index (χ4v) is 2.43. The van der Waals surface area contributed by atoms with Crippen LogP contribution >= 0.6 is 0 Å². The Balaban J connectivity index is 1.96. The maximum atomic E-state index is 10.8. The molecule has 0 radical (unpaired) electrons. The minimum atomic E-state index is -0.833. The van der Waals surface area contributed by atoms with Crippen molar-refractivity contribution >= 4 is 5.97 Å². The number of benzene rings is 2. The molecule has 0 aliphatic heterocycles. The van der Waals surface area contributed by atoms with E-state index in [1.165, 1.54) is 5.56 Å². The van der Waals surface area contributed by atoms with Gasteiger partial charge in [0.1, 0.15) is 30.5 Å². The van der Waals surface area contributed by atoms with E-state index in [2.05, 4.69) is 0 Å². The molecule has 0 heterocycles. The van der Waals surface area contributed by atoms with E-state index >= 15 is 0 Å². The van der Waals surface area contributed by atoms with E-state index in [1.54, 1.807) is 19.2 Å². The molecule has 0 unspecified atom stereocenters. The predicted molar refractivity (Wildman–Crippen MR) is 95.9 cm³/mol. The van der Waals surface area contributed by atoms with Crippen molar-refractivity contribution in [2.75, 3.05) is 20.3 Å². The Morgan fingerprint density at radius 2 is 1.76 bits per heavy atom. The average Bonchev–Trinajstić information content (AvgIpc) is 2.60. The number of methoxy groups -OCH3 is 1. The predicted octanol–water partition coefficient (Wildman–Crippen LogP) is 3.79. The van der Waals surface area contributed by atoms with Gasteiger partial charge in [-0.3, -0.25) is 4.79 Å². The van der Waals surface area contributed by atoms with E-state index in [0.29, 0.717) is 31.1 Å². The summed E-state index contributed by atoms with van der Waals surface area (Å²) in [5, 5.41) is 8.87. The zero-order valence-electron chi connectivity index (χ0n) is 14.9. The Hall–Kier alpha value is -2.69. The SMILES string of the molecule is COc1ccc(CCC(=O)O)c(OCCOc2cccc(C)c2C)c1. The third-order valence-electron chi connectivity index (χ3n) is 4.04. The quantitative estimate of drug-likeness (QED) is 0.701. The summed E-state index contributed by atoms with van der Waals surface area (Å²) in [5.74, 6) is 1.31. The molecular weight excluding hydrogens is 320 g/mol. The number of carbonyl (C=O) groups is 1. The topological polar surface area (TPSA) is 65.0 Å². The van der Waals surface area contributed by atoms with Gasteiger partial charge in [-0.15, -0.1) is 0 Å². The monoisotopic (exact) mass is 344 g/mol. The molecule has 0 saturated carbocycles. The van der Waals surface area contributed by atoms with Crippen LogP contribution in [-0.4, -0.2) is 31.4 Å². The van der Waals surface area contributed by atoms with Gasteiger partial charge in [0.25, 0.3) is 0 Å². The molecule has 0 spiro atoms. The average molecular weight is 344 g/mol. The first-order valence-electron chi connectivity index (χ1n) is 8.21. The minimum Gasteiger partial charge on any atom is -0.497 e. The van der Waals surface area contributed by atoms with Gasteiger partial charge in [-0.2, -0.15) is 0 Å². The van der Waals surface area contributed by atoms with Gasteiger partial charge in [0.2, 0.25) is 0 Å². The van der Waals surface area contributed by atoms with Gasteiger partial charge in [-0.05, 0) is 49.1 Å². The summed E-state index contributed by atoms with van der Waals surface area (Å²) in [6.45, 7) is 4.84. The highest BCUT2D eigenvalue weighted by atomic mass is 16.5. The standard InChI is InChI=1S/C20H24O5/c1-14-5-4-6-18(15(14)2)24-11-12-25-19-13-17(23-3)9-7-16(19)8-10-20(21)22/h4-7,9,13H,8,10-12H2,1-3H3,(H,21,22). The van der Waals surface area contributed by atoms with Crippen LogP contribution in [0.4, 0.5) is 0 Å². The van der Waals surface area contributed by atoms with E-state index in [0.717, 1.165) is 16.9 Å². The first-order valence-corrected chi connectivity index (χ1v) is 8.21. The lowest BCUT2D eigenvalue weighted by Crippen LogP contribution is -2.11. The number of ether oxygens (including phenoxy) is 3. The van der Waals surface area contributed by atoms with Crippen LogP contribution < -0.4 is 14.2 Å². The number of aliphatic carboxylic acids is 1. The Morgan fingerprint density at radius 3 is 2.44 bits per heavy atom. The van der Waals surface area contributed by atoms with Crippen molar-refractivity contribution < 1.29 is 24.1 Å². The van der Waals surface area contributed by atoms with Crippen LogP contribution in [0.1, 0.15) is 23.1 Å². The summed E-state index contributed by atoms with van der Waals surface area (Å²) in [6, 6.07) is 11.4. The maximum Gasteiger partial charge on any atom is 0.303 e. The molecule has 0 aliphatic rings. The molecule has 0 fully saturated rings. The van der Waals surface area contributed by atoms with Crippen LogP contribution in [-0.2, 0) is 11.2 Å². The van der Waals surface area contributed by atoms with Gasteiger partial charge in [0, 0.05) is 12.5 Å². The Morgan fingerprint density at radius 1 is 1.04 bits per heavy atom. The highest BCUT2D eigenvalue weighted by Crippen LogP contribution is 2.26. The summed E-state index contributed by atoms with van der Waals surface area (Å²) in [7, 11) is 1.58. The lowest BCUT2D eigenvalue weighted by Gasteiger charge is -2.14. The molecule has 0 bridgehead atoms. The molecule has 0 amide bonds. The molecule has 0 aromatic heterocycles. The smallest absolute Gasteiger partial charge is 0.303 e. The van der Waals surface area contributed by atoms with E-state index in [1.807, 2.05) is 38.1 Å². The molecule has 5 nitrogen and oxygen atoms in total. The molecule has 0 aliphatic carbocycles. The Labute approximate surface area is 148 Å². The summed E-state index contributed by atoms with van der Waals surface area (Å²) >= 11 is 0. The molecule has 0 atom stereocenters. The van der Waals surface area contributed by atoms with E-state index < -0.39 is 5.97 Å². The van der Waals surface area contributed by atoms with Crippen molar-refractivity contribution in [1.82, 2.24) is 0 Å². The first kappa shape index (κ1) is 18.6. The van der Waals surface area contributed by atoms with Crippen LogP contribution in [0, 0.1) is 13.8 Å². The number of carboxylic acid groups (broad SMARTS) is 1. The molecule has 5 heteroatoms. The molecule has 0 saturated heterocycles. The maximum absolute atomic E-state index is 10.8. The second-order valence-electron chi connectivity index (χ2n) is 5.76. The second-order valence-corrected chi connectivity index (χ2v) is 5.76. The lowest BCUT2D eigenvalue weighted by atomic mass is 10.1. The highest BCUT2D eigenvalue weighted by Gasteiger charge is 2.09. The Kier molecular flexibility index (Phi) is 6.69. The van der Waals surface area contributed by atoms with Gasteiger partial charge in [-0.25, -0.2) is 0 Å². The van der Waals surface area contributed by atoms with Crippen molar-refractivity contribution in [2.45, 2.75) is 26.7 Å². The van der Waals surface area contributed by atoms with Crippen LogP contribution in [0.5, 0.6) is 17.2 Å². The summed E-state index contributed by atoms with van der Waals surface area (Å²) in [5.41, 5.74) is 3.14. The molecule has 134 valence electrons. The molecule has 25 heavy (non-hydrogen) atoms. The van der Waals surface area contributed by atoms with Crippen LogP contribution in [0.2, 0.25) is 0 Å². The first-order chi connectivity index (χ1) is 12.0. The highest BCUT2D eigenvalue weighted by molar-refractivity contribution is 5.67. The van der Waals surface area contributed by atoms with Crippen LogP contribution in [0.3, 0.4) is 0 Å². The van der Waals surface area contributed by atoms with Gasteiger partial charge in [-0.1, -0.05) is 18.2 Å². The number of hydrogen-bond donors (Lipinski definition) is 1. The third kappa shape index (κ3) is 5.41. The van der Waals surface area contributed by atoms with Gasteiger partial charge < -0.3 is 19.3 Å². The summed E-state index contributed by atoms with van der Waals surface area (Å²) in [4.78, 5) is 10.8. The van der Waals surface area contributed by atoms with Crippen molar-refractivity contribution in [3.05, 3.63) is 53.1 Å². The Bertz CT molecular complexity index is 724. The van der Waals surface area contributed by atoms with Crippen molar-refractivity contribution in [3.8, 4) is 17.2 Å². The summed E-state index contributed by atoms with van der Waals surface area (Å²) in [6.07, 6.45) is 0.466. The van der Waals surface area contributed by atoms with Crippen molar-refractivity contribution in [2.24, 2.45) is 0 Å². The fourth-order valence-electron chi connectivity index (χ4n) is 2.43. The lowest BCUT2D eigenvalue weighted by molar-refractivity contribution is -0.136. The second kappa shape index (κ2) is 8.97. The van der Waals surface area contributed by atoms with Gasteiger partial charge in [0.05, 0.1) is 7.11 Å². The van der Waals surface area contributed by atoms with Crippen molar-refractivity contribution in [3.63, 3.8) is 0 Å². The zero-order valence-corrected chi connectivity index (χ0v) is 14.9. The number of rotatable bonds is 9. The minimum absolute atomic E-state index is 0.0572. The number of aryl methyl sites for hydroxylation is 2. The summed E-state index contributed by atoms with van der Waals surface area (Å²) < 4.78 is 16.8. The van der Waals surface area contributed by atoms with Gasteiger partial charge >= 0.3 is 5.97 Å². The number of hydrogen-bond acceptors (Lipinski definition) is 4. The number of carboxylic acids is 1. The van der Waals surface area contributed by atoms with Crippen molar-refractivity contribution in [1.29, 1.82) is 0 Å². The van der Waals surface area contributed by atoms with Crippen LogP contribution in [0.15, 0.2) is 36.4 Å². The zero-order chi connectivity index (χ0) is 18.2. The van der Waals surface area contributed by atoms with E-state index in [9.17, 15) is 4.79 Å². The van der Waals surface area contributed by atoms with E-state index in [-0.39, 0.29) is 6.42 Å². The fraction of sp³-hybridized carbons (Fsp3) is 0.350. The molecular formula is C20H24O5. The van der Waals surface area contributed by atoms with E-state index in [4.69, 9.17) is 19.3 Å². The molecule has 2 rings (SSSR count). The normalized spacial score (nSPS) is 10.4. The molecule has 2 aromatic carbocycles. The largest absolute Gasteiger partial charge is 0.497 e. The molecule has 1 N–H and O–H groups in total. The van der Waals surface area contributed by atoms with Gasteiger partial charge in [0.15, 0.2) is 0 Å². The van der Waals surface area contributed by atoms with Crippen LogP contribution in [0.25, 0.3) is 0 Å². The molecule has 2 aromatic rings.